The quantitative estimate of drug-likeness (QED) is 0.456. The van der Waals surface area contributed by atoms with Gasteiger partial charge < -0.3 is 4.52 Å². The summed E-state index contributed by atoms with van der Waals surface area (Å²) in [5, 5.41) is -0.187. The van der Waals surface area contributed by atoms with Crippen LogP contribution in [0.4, 0.5) is 0 Å². The molecule has 0 saturated heterocycles. The third-order valence-electron chi connectivity index (χ3n) is 2.58. The highest BCUT2D eigenvalue weighted by atomic mass is 35.5. The van der Waals surface area contributed by atoms with Gasteiger partial charge in [-0.1, -0.05) is 31.5 Å². The third kappa shape index (κ3) is 5.10. The van der Waals surface area contributed by atoms with E-state index in [1.165, 1.54) is 0 Å². The second-order valence-corrected chi connectivity index (χ2v) is 6.29. The summed E-state index contributed by atoms with van der Waals surface area (Å²) in [4.78, 5) is 0. The fourth-order valence-corrected chi connectivity index (χ4v) is 3.38. The van der Waals surface area contributed by atoms with E-state index in [1.54, 1.807) is 26.0 Å². The lowest BCUT2D eigenvalue weighted by molar-refractivity contribution is 0.167. The second kappa shape index (κ2) is 8.68. The molecule has 1 rings (SSSR count). The average Bonchev–Trinajstić information content (AvgIpc) is 2.40. The lowest BCUT2D eigenvalue weighted by Gasteiger charge is -2.20. The average molecular weight is 321 g/mol. The van der Waals surface area contributed by atoms with Gasteiger partial charge in [0.05, 0.1) is 18.6 Å². The van der Waals surface area contributed by atoms with Crippen LogP contribution >= 0.6 is 19.4 Å². The van der Waals surface area contributed by atoms with Crippen molar-refractivity contribution in [1.29, 1.82) is 0 Å². The predicted octanol–water partition coefficient (Wildman–Crippen LogP) is 5.33. The van der Waals surface area contributed by atoms with Crippen LogP contribution in [0.15, 0.2) is 24.3 Å². The molecule has 4 nitrogen and oxygen atoms in total. The number of phosphoric ester groups is 1. The smallest absolute Gasteiger partial charge is 0.404 e. The number of phosphoric acid groups is 1. The second-order valence-electron chi connectivity index (χ2n) is 4.17. The minimum atomic E-state index is -3.59. The zero-order valence-corrected chi connectivity index (χ0v) is 13.8. The maximum absolute atomic E-state index is 12.4. The first-order valence-corrected chi connectivity index (χ1v) is 8.77. The minimum absolute atomic E-state index is 0.187. The van der Waals surface area contributed by atoms with Gasteiger partial charge in [0.2, 0.25) is 0 Å². The highest BCUT2D eigenvalue weighted by molar-refractivity contribution is 7.48. The molecule has 0 aliphatic carbocycles. The van der Waals surface area contributed by atoms with Gasteiger partial charge in [-0.15, -0.1) is 11.6 Å². The number of rotatable bonds is 9. The van der Waals surface area contributed by atoms with Crippen LogP contribution in [-0.2, 0) is 13.6 Å². The van der Waals surface area contributed by atoms with Crippen molar-refractivity contribution in [3.05, 3.63) is 29.8 Å². The first kappa shape index (κ1) is 17.5. The van der Waals surface area contributed by atoms with Crippen LogP contribution in [0.1, 0.15) is 44.6 Å². The Bertz CT molecular complexity index is 443. The normalized spacial score (nSPS) is 13.2. The molecule has 6 heteroatoms. The van der Waals surface area contributed by atoms with Crippen LogP contribution < -0.4 is 4.52 Å². The molecule has 0 N–H and O–H groups in total. The van der Waals surface area contributed by atoms with E-state index in [9.17, 15) is 4.57 Å². The van der Waals surface area contributed by atoms with E-state index in [0.29, 0.717) is 5.75 Å². The summed E-state index contributed by atoms with van der Waals surface area (Å²) >= 11 is 6.34. The molecule has 114 valence electrons. The predicted molar refractivity (Wildman–Crippen MR) is 81.4 cm³/mol. The van der Waals surface area contributed by atoms with Crippen molar-refractivity contribution >= 4 is 19.4 Å². The van der Waals surface area contributed by atoms with Crippen LogP contribution in [-0.4, -0.2) is 13.2 Å². The number of para-hydroxylation sites is 1. The largest absolute Gasteiger partial charge is 0.530 e. The van der Waals surface area contributed by atoms with Gasteiger partial charge in [-0.05, 0) is 26.3 Å². The van der Waals surface area contributed by atoms with Gasteiger partial charge in [0.25, 0.3) is 0 Å². The fraction of sp³-hybridized carbons (Fsp3) is 0.571. The van der Waals surface area contributed by atoms with E-state index in [-0.39, 0.29) is 18.6 Å². The summed E-state index contributed by atoms with van der Waals surface area (Å²) in [6.07, 6.45) is 1.77. The molecule has 0 saturated carbocycles. The van der Waals surface area contributed by atoms with Crippen molar-refractivity contribution in [1.82, 2.24) is 0 Å². The van der Waals surface area contributed by atoms with Crippen LogP contribution in [0, 0.1) is 0 Å². The Labute approximate surface area is 126 Å². The van der Waals surface area contributed by atoms with Gasteiger partial charge in [0, 0.05) is 5.56 Å². The molecule has 0 spiro atoms. The lowest BCUT2D eigenvalue weighted by atomic mass is 10.1. The molecule has 0 aromatic heterocycles. The molecule has 1 aromatic rings. The van der Waals surface area contributed by atoms with Crippen molar-refractivity contribution < 1.29 is 18.1 Å². The van der Waals surface area contributed by atoms with E-state index in [2.05, 4.69) is 6.92 Å². The van der Waals surface area contributed by atoms with E-state index < -0.39 is 7.82 Å². The van der Waals surface area contributed by atoms with E-state index in [4.69, 9.17) is 25.2 Å². The molecule has 1 unspecified atom stereocenters. The number of alkyl halides is 1. The van der Waals surface area contributed by atoms with Crippen LogP contribution in [0.3, 0.4) is 0 Å². The van der Waals surface area contributed by atoms with Crippen LogP contribution in [0.25, 0.3) is 0 Å². The van der Waals surface area contributed by atoms with Crippen molar-refractivity contribution in [2.24, 2.45) is 0 Å². The first-order chi connectivity index (χ1) is 9.56. The van der Waals surface area contributed by atoms with E-state index >= 15 is 0 Å². The fourth-order valence-electron chi connectivity index (χ4n) is 1.76. The molecule has 1 atom stereocenters. The summed E-state index contributed by atoms with van der Waals surface area (Å²) in [5.74, 6) is 0.450. The van der Waals surface area contributed by atoms with Crippen molar-refractivity contribution in [2.45, 2.75) is 39.0 Å². The maximum Gasteiger partial charge on any atom is 0.530 e. The molecule has 1 aromatic carbocycles. The van der Waals surface area contributed by atoms with Gasteiger partial charge in [0.1, 0.15) is 5.75 Å². The molecule has 0 heterocycles. The monoisotopic (exact) mass is 320 g/mol. The Balaban J connectivity index is 2.98. The molecule has 0 bridgehead atoms. The van der Waals surface area contributed by atoms with Gasteiger partial charge in [-0.2, -0.15) is 0 Å². The van der Waals surface area contributed by atoms with Gasteiger partial charge in [-0.25, -0.2) is 4.57 Å². The van der Waals surface area contributed by atoms with E-state index in [0.717, 1.165) is 18.4 Å². The summed E-state index contributed by atoms with van der Waals surface area (Å²) in [6.45, 7) is 6.03. The van der Waals surface area contributed by atoms with Gasteiger partial charge in [-0.3, -0.25) is 9.05 Å². The number of halogens is 1. The molecule has 0 aliphatic heterocycles. The van der Waals surface area contributed by atoms with Crippen LogP contribution in [0.2, 0.25) is 0 Å². The molecule has 0 fully saturated rings. The summed E-state index contributed by atoms with van der Waals surface area (Å²) in [7, 11) is -3.59. The molecule has 0 amide bonds. The molecule has 0 radical (unpaired) electrons. The zero-order chi connectivity index (χ0) is 15.0. The number of benzene rings is 1. The minimum Gasteiger partial charge on any atom is -0.404 e. The molecular formula is C14H22ClO4P. The Hall–Kier alpha value is -0.540. The zero-order valence-electron chi connectivity index (χ0n) is 12.2. The van der Waals surface area contributed by atoms with Gasteiger partial charge >= 0.3 is 7.82 Å². The number of hydrogen-bond acceptors (Lipinski definition) is 4. The summed E-state index contributed by atoms with van der Waals surface area (Å²) in [5.41, 5.74) is 0.802. The Morgan fingerprint density at radius 2 is 1.75 bits per heavy atom. The van der Waals surface area contributed by atoms with Crippen molar-refractivity contribution in [3.8, 4) is 5.75 Å². The third-order valence-corrected chi connectivity index (χ3v) is 4.61. The number of hydrogen-bond donors (Lipinski definition) is 0. The Kier molecular flexibility index (Phi) is 7.60. The highest BCUT2D eigenvalue weighted by Gasteiger charge is 2.29. The Morgan fingerprint density at radius 1 is 1.15 bits per heavy atom. The van der Waals surface area contributed by atoms with Crippen LogP contribution in [0.5, 0.6) is 5.75 Å². The summed E-state index contributed by atoms with van der Waals surface area (Å²) in [6, 6.07) is 7.27. The molecular weight excluding hydrogens is 299 g/mol. The van der Waals surface area contributed by atoms with Gasteiger partial charge in [0.15, 0.2) is 0 Å². The molecule has 20 heavy (non-hydrogen) atoms. The standard InChI is InChI=1S/C14H22ClO4P/c1-4-9-13(15)12-10-7-8-11-14(12)19-20(16,17-5-2)18-6-3/h7-8,10-11,13H,4-6,9H2,1-3H3. The lowest BCUT2D eigenvalue weighted by Crippen LogP contribution is -2.04. The highest BCUT2D eigenvalue weighted by Crippen LogP contribution is 2.51. The SMILES string of the molecule is CCCC(Cl)c1ccccc1OP(=O)(OCC)OCC. The van der Waals surface area contributed by atoms with Crippen molar-refractivity contribution in [2.75, 3.05) is 13.2 Å². The van der Waals surface area contributed by atoms with E-state index in [1.807, 2.05) is 12.1 Å². The first-order valence-electron chi connectivity index (χ1n) is 6.88. The topological polar surface area (TPSA) is 44.8 Å². The summed E-state index contributed by atoms with van der Waals surface area (Å²) < 4.78 is 28.2. The Morgan fingerprint density at radius 3 is 2.30 bits per heavy atom. The van der Waals surface area contributed by atoms with Crippen molar-refractivity contribution in [3.63, 3.8) is 0 Å². The maximum atomic E-state index is 12.4. The molecule has 0 aliphatic rings.